The van der Waals surface area contributed by atoms with Gasteiger partial charge in [-0.15, -0.1) is 0 Å². The molecule has 1 aromatic heterocycles. The van der Waals surface area contributed by atoms with Gasteiger partial charge in [0.05, 0.1) is 0 Å². The topological polar surface area (TPSA) is 43.4 Å². The van der Waals surface area contributed by atoms with Crippen molar-refractivity contribution in [3.63, 3.8) is 0 Å². The normalized spacial score (nSPS) is 14.1. The monoisotopic (exact) mass is 300 g/mol. The fraction of sp³-hybridized carbons (Fsp3) is 0.300. The molecule has 0 spiro atoms. The zero-order valence-electron chi connectivity index (χ0n) is 8.54. The number of benzene rings is 1. The Labute approximate surface area is 105 Å². The number of thiazole rings is 1. The van der Waals surface area contributed by atoms with Crippen LogP contribution in [0, 0.1) is 0 Å². The van der Waals surface area contributed by atoms with E-state index in [1.807, 2.05) is 13.1 Å². The quantitative estimate of drug-likeness (QED) is 0.879. The first kappa shape index (κ1) is 10.2. The summed E-state index contributed by atoms with van der Waals surface area (Å²) < 4.78 is 13.2. The minimum atomic E-state index is 0.594. The summed E-state index contributed by atoms with van der Waals surface area (Å²) in [6, 6.07) is 1.91. The molecule has 1 aliphatic heterocycles. The fourth-order valence-corrected chi connectivity index (χ4v) is 3.21. The number of anilines is 1. The minimum Gasteiger partial charge on any atom is -0.486 e. The van der Waals surface area contributed by atoms with Gasteiger partial charge in [0.25, 0.3) is 0 Å². The van der Waals surface area contributed by atoms with Crippen LogP contribution in [0.1, 0.15) is 0 Å². The lowest BCUT2D eigenvalue weighted by Gasteiger charge is -2.18. The molecule has 1 N–H and O–H groups in total. The van der Waals surface area contributed by atoms with E-state index in [2.05, 4.69) is 26.2 Å². The van der Waals surface area contributed by atoms with E-state index >= 15 is 0 Å². The zero-order valence-corrected chi connectivity index (χ0v) is 10.9. The van der Waals surface area contributed by atoms with Crippen molar-refractivity contribution >= 4 is 42.6 Å². The molecule has 0 bridgehead atoms. The maximum Gasteiger partial charge on any atom is 0.183 e. The van der Waals surface area contributed by atoms with Crippen LogP contribution in [0.2, 0.25) is 0 Å². The summed E-state index contributed by atoms with van der Waals surface area (Å²) in [4.78, 5) is 4.46. The van der Waals surface area contributed by atoms with E-state index in [4.69, 9.17) is 9.47 Å². The second kappa shape index (κ2) is 3.78. The van der Waals surface area contributed by atoms with Gasteiger partial charge in [-0.1, -0.05) is 11.3 Å². The number of hydrogen-bond donors (Lipinski definition) is 1. The van der Waals surface area contributed by atoms with Gasteiger partial charge < -0.3 is 14.8 Å². The zero-order chi connectivity index (χ0) is 11.1. The van der Waals surface area contributed by atoms with Crippen molar-refractivity contribution in [3.8, 4) is 11.5 Å². The highest BCUT2D eigenvalue weighted by Crippen LogP contribution is 2.45. The van der Waals surface area contributed by atoms with Crippen LogP contribution in [0.4, 0.5) is 5.13 Å². The second-order valence-electron chi connectivity index (χ2n) is 3.33. The largest absolute Gasteiger partial charge is 0.486 e. The van der Waals surface area contributed by atoms with Crippen molar-refractivity contribution < 1.29 is 9.47 Å². The fourth-order valence-electron chi connectivity index (χ4n) is 1.64. The van der Waals surface area contributed by atoms with Crippen LogP contribution in [-0.4, -0.2) is 25.2 Å². The third kappa shape index (κ3) is 1.44. The van der Waals surface area contributed by atoms with Gasteiger partial charge in [0.15, 0.2) is 16.6 Å². The lowest BCUT2D eigenvalue weighted by Crippen LogP contribution is -2.15. The number of halogens is 1. The maximum absolute atomic E-state index is 5.65. The number of hydrogen-bond acceptors (Lipinski definition) is 5. The van der Waals surface area contributed by atoms with Crippen LogP contribution in [0.5, 0.6) is 11.5 Å². The van der Waals surface area contributed by atoms with Crippen LogP contribution < -0.4 is 14.8 Å². The molecule has 3 rings (SSSR count). The first-order valence-corrected chi connectivity index (χ1v) is 6.47. The van der Waals surface area contributed by atoms with Crippen LogP contribution in [0.3, 0.4) is 0 Å². The molecule has 0 fully saturated rings. The number of fused-ring (bicyclic) bond motifs is 3. The Morgan fingerprint density at radius 3 is 3.06 bits per heavy atom. The Kier molecular flexibility index (Phi) is 2.40. The number of rotatable bonds is 1. The molecule has 0 amide bonds. The Morgan fingerprint density at radius 2 is 2.25 bits per heavy atom. The van der Waals surface area contributed by atoms with Gasteiger partial charge in [-0.3, -0.25) is 0 Å². The molecule has 1 aliphatic rings. The third-order valence-electron chi connectivity index (χ3n) is 2.34. The molecule has 0 unspecified atom stereocenters. The molecule has 2 heterocycles. The molecule has 0 saturated heterocycles. The first-order chi connectivity index (χ1) is 7.79. The van der Waals surface area contributed by atoms with Crippen LogP contribution in [-0.2, 0) is 0 Å². The van der Waals surface area contributed by atoms with E-state index in [1.165, 1.54) is 0 Å². The standard InChI is InChI=1S/C10H9BrN2O2S/c1-12-10-13-7-5(11)4-6-8(9(7)16-10)15-3-2-14-6/h4H,2-3H2,1H3,(H,12,13). The molecule has 0 atom stereocenters. The Hall–Kier alpha value is -1.01. The molecule has 0 radical (unpaired) electrons. The molecule has 16 heavy (non-hydrogen) atoms. The summed E-state index contributed by atoms with van der Waals surface area (Å²) in [6.07, 6.45) is 0. The highest BCUT2D eigenvalue weighted by molar-refractivity contribution is 9.10. The maximum atomic E-state index is 5.65. The third-order valence-corrected chi connectivity index (χ3v) is 4.02. The lowest BCUT2D eigenvalue weighted by molar-refractivity contribution is 0.174. The van der Waals surface area contributed by atoms with E-state index < -0.39 is 0 Å². The molecule has 2 aromatic rings. The summed E-state index contributed by atoms with van der Waals surface area (Å²) >= 11 is 5.07. The second-order valence-corrected chi connectivity index (χ2v) is 5.18. The summed E-state index contributed by atoms with van der Waals surface area (Å²) in [7, 11) is 1.86. The summed E-state index contributed by atoms with van der Waals surface area (Å²) in [6.45, 7) is 1.19. The summed E-state index contributed by atoms with van der Waals surface area (Å²) in [5, 5.41) is 3.91. The van der Waals surface area contributed by atoms with Crippen LogP contribution >= 0.6 is 27.3 Å². The van der Waals surface area contributed by atoms with Crippen molar-refractivity contribution in [1.82, 2.24) is 4.98 Å². The minimum absolute atomic E-state index is 0.594. The lowest BCUT2D eigenvalue weighted by atomic mass is 10.3. The smallest absolute Gasteiger partial charge is 0.183 e. The van der Waals surface area contributed by atoms with E-state index in [9.17, 15) is 0 Å². The van der Waals surface area contributed by atoms with Gasteiger partial charge in [-0.05, 0) is 15.9 Å². The number of ether oxygens (including phenoxy) is 2. The Morgan fingerprint density at radius 1 is 1.44 bits per heavy atom. The van der Waals surface area contributed by atoms with E-state index in [0.29, 0.717) is 13.2 Å². The molecular formula is C10H9BrN2O2S. The average Bonchev–Trinajstić information content (AvgIpc) is 2.74. The summed E-state index contributed by atoms with van der Waals surface area (Å²) in [5.41, 5.74) is 0.915. The van der Waals surface area contributed by atoms with Crippen molar-refractivity contribution in [1.29, 1.82) is 0 Å². The number of aromatic nitrogens is 1. The Balaban J connectivity index is 2.32. The van der Waals surface area contributed by atoms with Gasteiger partial charge in [0.2, 0.25) is 0 Å². The highest BCUT2D eigenvalue weighted by atomic mass is 79.9. The van der Waals surface area contributed by atoms with Crippen molar-refractivity contribution in [2.24, 2.45) is 0 Å². The molecule has 6 heteroatoms. The van der Waals surface area contributed by atoms with E-state index in [-0.39, 0.29) is 0 Å². The predicted molar refractivity (Wildman–Crippen MR) is 67.9 cm³/mol. The summed E-state index contributed by atoms with van der Waals surface area (Å²) in [5.74, 6) is 1.60. The molecular weight excluding hydrogens is 292 g/mol. The highest BCUT2D eigenvalue weighted by Gasteiger charge is 2.20. The molecule has 84 valence electrons. The molecule has 4 nitrogen and oxygen atoms in total. The average molecular weight is 301 g/mol. The molecule has 0 aliphatic carbocycles. The first-order valence-electron chi connectivity index (χ1n) is 4.86. The molecule has 1 aromatic carbocycles. The number of nitrogens with zero attached hydrogens (tertiary/aromatic N) is 1. The van der Waals surface area contributed by atoms with Crippen LogP contribution in [0.25, 0.3) is 10.2 Å². The van der Waals surface area contributed by atoms with E-state index in [1.54, 1.807) is 11.3 Å². The van der Waals surface area contributed by atoms with Gasteiger partial charge in [-0.2, -0.15) is 0 Å². The Bertz CT molecular complexity index is 555. The van der Waals surface area contributed by atoms with Gasteiger partial charge >= 0.3 is 0 Å². The van der Waals surface area contributed by atoms with E-state index in [0.717, 1.165) is 31.3 Å². The van der Waals surface area contributed by atoms with Gasteiger partial charge in [-0.25, -0.2) is 4.98 Å². The SMILES string of the molecule is CNc1nc2c(Br)cc3c(c2s1)OCCO3. The van der Waals surface area contributed by atoms with Crippen LogP contribution in [0.15, 0.2) is 10.5 Å². The van der Waals surface area contributed by atoms with Crippen molar-refractivity contribution in [2.75, 3.05) is 25.6 Å². The predicted octanol–water partition coefficient (Wildman–Crippen LogP) is 2.87. The number of nitrogens with one attached hydrogen (secondary N) is 1. The van der Waals surface area contributed by atoms with Gasteiger partial charge in [0, 0.05) is 17.6 Å². The van der Waals surface area contributed by atoms with Crippen molar-refractivity contribution in [2.45, 2.75) is 0 Å². The van der Waals surface area contributed by atoms with Crippen molar-refractivity contribution in [3.05, 3.63) is 10.5 Å². The molecule has 0 saturated carbocycles. The van der Waals surface area contributed by atoms with Gasteiger partial charge in [0.1, 0.15) is 23.4 Å².